The molecule has 2 aliphatic rings. The lowest BCUT2D eigenvalue weighted by atomic mass is 10.00. The Morgan fingerprint density at radius 2 is 1.79 bits per heavy atom. The van der Waals surface area contributed by atoms with Gasteiger partial charge in [0, 0.05) is 24.7 Å². The summed E-state index contributed by atoms with van der Waals surface area (Å²) in [5.74, 6) is 1.51. The van der Waals surface area contributed by atoms with Crippen LogP contribution in [0.2, 0.25) is 0 Å². The van der Waals surface area contributed by atoms with Crippen molar-refractivity contribution in [1.82, 2.24) is 14.6 Å². The van der Waals surface area contributed by atoms with Gasteiger partial charge in [-0.15, -0.1) is 0 Å². The first kappa shape index (κ1) is 22.6. The standard InChI is InChI=1S/C24H29N3O4S2/c1-16-3-10-22-23(13-16)32-24(26-22)31-21-8-6-20(7-9-21)30-12-11-25-17-14-18-4-5-19(15-17)27(18)33(2,28)29/h3,6-10,13,17-19,25H,4-5,11-12,14-15H2,1-2H3/t17?,18-,19+. The molecule has 3 atom stereocenters. The van der Waals surface area contributed by atoms with Crippen molar-refractivity contribution in [3.63, 3.8) is 0 Å². The number of nitrogens with zero attached hydrogens (tertiary/aromatic N) is 2. The summed E-state index contributed by atoms with van der Waals surface area (Å²) >= 11 is 1.54. The molecule has 2 saturated heterocycles. The van der Waals surface area contributed by atoms with Crippen LogP contribution in [0.4, 0.5) is 0 Å². The number of hydrogen-bond donors (Lipinski definition) is 1. The van der Waals surface area contributed by atoms with E-state index in [-0.39, 0.29) is 12.1 Å². The third kappa shape index (κ3) is 5.16. The van der Waals surface area contributed by atoms with E-state index in [2.05, 4.69) is 29.4 Å². The van der Waals surface area contributed by atoms with Crippen LogP contribution in [0.1, 0.15) is 31.2 Å². The SMILES string of the molecule is Cc1ccc2nc(Oc3ccc(OCCNC4C[C@H]5CC[C@@H](C4)N5S(C)(=O)=O)cc3)sc2c1. The summed E-state index contributed by atoms with van der Waals surface area (Å²) in [4.78, 5) is 4.53. The zero-order chi connectivity index (χ0) is 23.0. The number of fused-ring (bicyclic) bond motifs is 3. The van der Waals surface area contributed by atoms with E-state index in [1.165, 1.54) is 23.2 Å². The number of sulfonamides is 1. The van der Waals surface area contributed by atoms with Crippen molar-refractivity contribution in [2.75, 3.05) is 19.4 Å². The summed E-state index contributed by atoms with van der Waals surface area (Å²) in [7, 11) is -3.11. The lowest BCUT2D eigenvalue weighted by Gasteiger charge is -2.37. The molecule has 2 bridgehead atoms. The molecule has 2 aliphatic heterocycles. The molecule has 2 fully saturated rings. The Bertz CT molecular complexity index is 1210. The molecule has 5 rings (SSSR count). The van der Waals surface area contributed by atoms with Crippen molar-refractivity contribution < 1.29 is 17.9 Å². The van der Waals surface area contributed by atoms with Gasteiger partial charge in [-0.05, 0) is 74.6 Å². The highest BCUT2D eigenvalue weighted by Crippen LogP contribution is 2.37. The Kier molecular flexibility index (Phi) is 6.30. The largest absolute Gasteiger partial charge is 0.492 e. The van der Waals surface area contributed by atoms with Crippen LogP contribution in [-0.4, -0.2) is 55.2 Å². The van der Waals surface area contributed by atoms with Gasteiger partial charge in [0.25, 0.3) is 5.19 Å². The van der Waals surface area contributed by atoms with Gasteiger partial charge in [0.05, 0.1) is 16.5 Å². The van der Waals surface area contributed by atoms with Crippen molar-refractivity contribution in [3.05, 3.63) is 48.0 Å². The van der Waals surface area contributed by atoms with Crippen LogP contribution in [0.25, 0.3) is 10.2 Å². The van der Waals surface area contributed by atoms with Crippen LogP contribution in [0.3, 0.4) is 0 Å². The zero-order valence-electron chi connectivity index (χ0n) is 18.9. The molecule has 2 aromatic carbocycles. The minimum Gasteiger partial charge on any atom is -0.492 e. The Labute approximate surface area is 198 Å². The van der Waals surface area contributed by atoms with Gasteiger partial charge in [-0.2, -0.15) is 4.31 Å². The number of benzene rings is 2. The lowest BCUT2D eigenvalue weighted by Crippen LogP contribution is -2.51. The highest BCUT2D eigenvalue weighted by molar-refractivity contribution is 7.88. The van der Waals surface area contributed by atoms with Crippen LogP contribution >= 0.6 is 11.3 Å². The highest BCUT2D eigenvalue weighted by Gasteiger charge is 2.44. The van der Waals surface area contributed by atoms with E-state index in [0.29, 0.717) is 17.8 Å². The quantitative estimate of drug-likeness (QED) is 0.477. The van der Waals surface area contributed by atoms with E-state index in [1.54, 1.807) is 4.31 Å². The average molecular weight is 488 g/mol. The summed E-state index contributed by atoms with van der Waals surface area (Å²) in [6.07, 6.45) is 5.02. The van der Waals surface area contributed by atoms with Gasteiger partial charge in [0.2, 0.25) is 10.0 Å². The van der Waals surface area contributed by atoms with Crippen LogP contribution in [0, 0.1) is 6.92 Å². The molecule has 0 amide bonds. The summed E-state index contributed by atoms with van der Waals surface area (Å²) in [5.41, 5.74) is 2.16. The molecular weight excluding hydrogens is 458 g/mol. The van der Waals surface area contributed by atoms with Gasteiger partial charge in [0.1, 0.15) is 18.1 Å². The van der Waals surface area contributed by atoms with Gasteiger partial charge in [0.15, 0.2) is 0 Å². The second-order valence-corrected chi connectivity index (χ2v) is 11.9. The number of rotatable bonds is 8. The number of aryl methyl sites for hydroxylation is 1. The molecule has 3 heterocycles. The minimum atomic E-state index is -3.11. The maximum absolute atomic E-state index is 12.0. The molecule has 0 radical (unpaired) electrons. The number of nitrogens with one attached hydrogen (secondary N) is 1. The second kappa shape index (κ2) is 9.21. The molecule has 1 N–H and O–H groups in total. The fourth-order valence-electron chi connectivity index (χ4n) is 5.03. The number of piperidine rings is 1. The summed E-state index contributed by atoms with van der Waals surface area (Å²) < 4.78 is 38.7. The third-order valence-electron chi connectivity index (χ3n) is 6.41. The first-order chi connectivity index (χ1) is 15.8. The van der Waals surface area contributed by atoms with E-state index >= 15 is 0 Å². The second-order valence-electron chi connectivity index (χ2n) is 8.97. The number of ether oxygens (including phenoxy) is 2. The average Bonchev–Trinajstić information content (AvgIpc) is 3.29. The van der Waals surface area contributed by atoms with Crippen LogP contribution in [-0.2, 0) is 10.0 Å². The molecule has 0 spiro atoms. The normalized spacial score (nSPS) is 23.2. The third-order valence-corrected chi connectivity index (χ3v) is 8.66. The first-order valence-corrected chi connectivity index (χ1v) is 14.0. The number of aromatic nitrogens is 1. The lowest BCUT2D eigenvalue weighted by molar-refractivity contribution is 0.201. The van der Waals surface area contributed by atoms with Gasteiger partial charge in [-0.25, -0.2) is 13.4 Å². The minimum absolute atomic E-state index is 0.143. The number of thiazole rings is 1. The van der Waals surface area contributed by atoms with E-state index in [1.807, 2.05) is 30.3 Å². The fraction of sp³-hybridized carbons (Fsp3) is 0.458. The molecule has 33 heavy (non-hydrogen) atoms. The predicted octanol–water partition coefficient (Wildman–Crippen LogP) is 4.32. The van der Waals surface area contributed by atoms with Crippen molar-refractivity contribution in [2.45, 2.75) is 50.7 Å². The molecule has 3 aromatic rings. The molecule has 1 aromatic heterocycles. The van der Waals surface area contributed by atoms with E-state index in [4.69, 9.17) is 9.47 Å². The zero-order valence-corrected chi connectivity index (χ0v) is 20.5. The fourth-order valence-corrected chi connectivity index (χ4v) is 7.43. The molecule has 9 heteroatoms. The first-order valence-electron chi connectivity index (χ1n) is 11.3. The van der Waals surface area contributed by atoms with E-state index in [0.717, 1.165) is 53.9 Å². The van der Waals surface area contributed by atoms with E-state index < -0.39 is 10.0 Å². The van der Waals surface area contributed by atoms with Crippen LogP contribution < -0.4 is 14.8 Å². The highest BCUT2D eigenvalue weighted by atomic mass is 32.2. The van der Waals surface area contributed by atoms with Gasteiger partial charge in [-0.3, -0.25) is 0 Å². The molecule has 0 saturated carbocycles. The Hall–Kier alpha value is -2.20. The smallest absolute Gasteiger partial charge is 0.279 e. The predicted molar refractivity (Wildman–Crippen MR) is 131 cm³/mol. The van der Waals surface area contributed by atoms with Gasteiger partial charge < -0.3 is 14.8 Å². The summed E-state index contributed by atoms with van der Waals surface area (Å²) in [5, 5.41) is 4.18. The Morgan fingerprint density at radius 3 is 2.48 bits per heavy atom. The molecule has 0 aliphatic carbocycles. The Morgan fingerprint density at radius 1 is 1.09 bits per heavy atom. The maximum atomic E-state index is 12.0. The summed E-state index contributed by atoms with van der Waals surface area (Å²) in [6.45, 7) is 3.35. The monoisotopic (exact) mass is 487 g/mol. The summed E-state index contributed by atoms with van der Waals surface area (Å²) in [6, 6.07) is 14.4. The molecule has 176 valence electrons. The van der Waals surface area contributed by atoms with Crippen molar-refractivity contribution in [1.29, 1.82) is 0 Å². The number of hydrogen-bond acceptors (Lipinski definition) is 7. The Balaban J connectivity index is 1.08. The van der Waals surface area contributed by atoms with Crippen LogP contribution in [0.5, 0.6) is 16.7 Å². The molecular formula is C24H29N3O4S2. The van der Waals surface area contributed by atoms with Crippen molar-refractivity contribution in [3.8, 4) is 16.7 Å². The topological polar surface area (TPSA) is 80.8 Å². The maximum Gasteiger partial charge on any atom is 0.279 e. The molecule has 1 unspecified atom stereocenters. The van der Waals surface area contributed by atoms with Crippen LogP contribution in [0.15, 0.2) is 42.5 Å². The van der Waals surface area contributed by atoms with Gasteiger partial charge in [-0.1, -0.05) is 17.4 Å². The van der Waals surface area contributed by atoms with Crippen molar-refractivity contribution >= 4 is 31.6 Å². The van der Waals surface area contributed by atoms with Gasteiger partial charge >= 0.3 is 0 Å². The van der Waals surface area contributed by atoms with Crippen molar-refractivity contribution in [2.24, 2.45) is 0 Å². The van der Waals surface area contributed by atoms with E-state index in [9.17, 15) is 8.42 Å². The molecule has 7 nitrogen and oxygen atoms in total.